The molecule has 5 rings (SSSR count). The van der Waals surface area contributed by atoms with Gasteiger partial charge in [-0.15, -0.1) is 0 Å². The second-order valence-electron chi connectivity index (χ2n) is 6.83. The number of ether oxygens (including phenoxy) is 2. The fourth-order valence-corrected chi connectivity index (χ4v) is 3.79. The number of fused-ring (bicyclic) bond motifs is 2. The molecule has 2 aromatic carbocycles. The Balaban J connectivity index is 1.40. The maximum Gasteiger partial charge on any atom is 0.274 e. The summed E-state index contributed by atoms with van der Waals surface area (Å²) in [6.07, 6.45) is 0.732. The van der Waals surface area contributed by atoms with Gasteiger partial charge in [0.05, 0.1) is 11.4 Å². The summed E-state index contributed by atoms with van der Waals surface area (Å²) in [5.41, 5.74) is 3.80. The predicted octanol–water partition coefficient (Wildman–Crippen LogP) is 3.11. The Hall–Kier alpha value is -2.70. The van der Waals surface area contributed by atoms with Gasteiger partial charge < -0.3 is 9.47 Å². The molecule has 1 aromatic heterocycles. The number of H-pyrrole nitrogens is 1. The van der Waals surface area contributed by atoms with Crippen molar-refractivity contribution in [3.63, 3.8) is 0 Å². The third kappa shape index (κ3) is 3.01. The molecule has 3 heterocycles. The molecule has 0 unspecified atom stereocenters. The van der Waals surface area contributed by atoms with Gasteiger partial charge in [0.15, 0.2) is 11.5 Å². The lowest BCUT2D eigenvalue weighted by Gasteiger charge is -2.25. The van der Waals surface area contributed by atoms with Crippen LogP contribution in [0.5, 0.6) is 11.5 Å². The Morgan fingerprint density at radius 1 is 1.07 bits per heavy atom. The van der Waals surface area contributed by atoms with E-state index >= 15 is 0 Å². The quantitative estimate of drug-likeness (QED) is 0.755. The summed E-state index contributed by atoms with van der Waals surface area (Å²) in [7, 11) is 0. The van der Waals surface area contributed by atoms with Crippen molar-refractivity contribution in [3.05, 3.63) is 74.7 Å². The van der Waals surface area contributed by atoms with Crippen molar-refractivity contribution in [2.24, 2.45) is 0 Å². The molecule has 0 radical (unpaired) electrons. The average Bonchev–Trinajstić information content (AvgIpc) is 3.27. The van der Waals surface area contributed by atoms with Gasteiger partial charge in [-0.05, 0) is 36.2 Å². The Morgan fingerprint density at radius 2 is 1.89 bits per heavy atom. The molecule has 1 N–H and O–H groups in total. The molecule has 7 heteroatoms. The minimum atomic E-state index is 0.00927. The summed E-state index contributed by atoms with van der Waals surface area (Å²) >= 11 is 5.96. The van der Waals surface area contributed by atoms with Crippen molar-refractivity contribution in [3.8, 4) is 17.2 Å². The molecule has 0 spiro atoms. The molecule has 0 fully saturated rings. The second-order valence-corrected chi connectivity index (χ2v) is 7.27. The molecule has 27 heavy (non-hydrogen) atoms. The van der Waals surface area contributed by atoms with Crippen molar-refractivity contribution in [2.45, 2.75) is 19.5 Å². The van der Waals surface area contributed by atoms with E-state index in [9.17, 15) is 4.79 Å². The summed E-state index contributed by atoms with van der Waals surface area (Å²) in [6.45, 7) is 2.61. The number of nitrogens with zero attached hydrogens (tertiary/aromatic N) is 2. The number of rotatable bonds is 3. The number of benzene rings is 2. The number of hydrogen-bond donors (Lipinski definition) is 1. The van der Waals surface area contributed by atoms with E-state index in [1.54, 1.807) is 4.68 Å². The second kappa shape index (κ2) is 6.48. The first-order chi connectivity index (χ1) is 13.2. The molecular formula is C20H18ClN3O3. The molecule has 0 amide bonds. The lowest BCUT2D eigenvalue weighted by molar-refractivity contribution is 0.174. The molecule has 2 aliphatic heterocycles. The number of aromatic amines is 1. The van der Waals surface area contributed by atoms with E-state index in [-0.39, 0.29) is 12.4 Å². The third-order valence-corrected chi connectivity index (χ3v) is 5.32. The van der Waals surface area contributed by atoms with Crippen molar-refractivity contribution >= 4 is 11.6 Å². The normalized spacial score (nSPS) is 15.7. The highest BCUT2D eigenvalue weighted by atomic mass is 35.5. The van der Waals surface area contributed by atoms with Crippen molar-refractivity contribution in [2.75, 3.05) is 13.3 Å². The van der Waals surface area contributed by atoms with E-state index in [1.807, 2.05) is 42.5 Å². The minimum absolute atomic E-state index is 0.00927. The van der Waals surface area contributed by atoms with E-state index in [1.165, 1.54) is 5.56 Å². The molecule has 2 aliphatic rings. The van der Waals surface area contributed by atoms with Gasteiger partial charge >= 0.3 is 0 Å². The van der Waals surface area contributed by atoms with Gasteiger partial charge in [0.2, 0.25) is 6.79 Å². The van der Waals surface area contributed by atoms with Crippen LogP contribution in [0, 0.1) is 0 Å². The van der Waals surface area contributed by atoms with Gasteiger partial charge in [-0.1, -0.05) is 23.7 Å². The van der Waals surface area contributed by atoms with Gasteiger partial charge in [0, 0.05) is 36.3 Å². The Kier molecular flexibility index (Phi) is 3.95. The van der Waals surface area contributed by atoms with E-state index in [0.717, 1.165) is 41.5 Å². The van der Waals surface area contributed by atoms with Crippen LogP contribution in [0.4, 0.5) is 0 Å². The zero-order valence-corrected chi connectivity index (χ0v) is 15.3. The van der Waals surface area contributed by atoms with E-state index < -0.39 is 0 Å². The highest BCUT2D eigenvalue weighted by Crippen LogP contribution is 2.33. The summed E-state index contributed by atoms with van der Waals surface area (Å²) in [5, 5.41) is 4.02. The van der Waals surface area contributed by atoms with E-state index in [0.29, 0.717) is 18.0 Å². The molecule has 6 nitrogen and oxygen atoms in total. The third-order valence-electron chi connectivity index (χ3n) is 5.07. The van der Waals surface area contributed by atoms with Gasteiger partial charge in [-0.3, -0.25) is 14.8 Å². The smallest absolute Gasteiger partial charge is 0.274 e. The Morgan fingerprint density at radius 3 is 2.74 bits per heavy atom. The molecule has 0 bridgehead atoms. The van der Waals surface area contributed by atoms with Crippen molar-refractivity contribution in [1.29, 1.82) is 0 Å². The SMILES string of the molecule is O=c1c2c([nH]n1-c1ccc3c(c1)OCO3)CN(Cc1ccc(Cl)cc1)CC2. The highest BCUT2D eigenvalue weighted by molar-refractivity contribution is 6.30. The Bertz CT molecular complexity index is 1060. The maximum absolute atomic E-state index is 12.8. The first kappa shape index (κ1) is 16.5. The average molecular weight is 384 g/mol. The number of hydrogen-bond acceptors (Lipinski definition) is 4. The monoisotopic (exact) mass is 383 g/mol. The number of aromatic nitrogens is 2. The summed E-state index contributed by atoms with van der Waals surface area (Å²) in [5.74, 6) is 1.37. The first-order valence-corrected chi connectivity index (χ1v) is 9.25. The zero-order chi connectivity index (χ0) is 18.4. The summed E-state index contributed by atoms with van der Waals surface area (Å²) in [4.78, 5) is 15.2. The largest absolute Gasteiger partial charge is 0.454 e. The standard InChI is InChI=1S/C20H18ClN3O3/c21-14-3-1-13(2-4-14)10-23-8-7-16-17(11-23)22-24(20(16)25)15-5-6-18-19(9-15)27-12-26-18/h1-6,9,22H,7-8,10-12H2. The maximum atomic E-state index is 12.8. The topological polar surface area (TPSA) is 59.5 Å². The van der Waals surface area contributed by atoms with Crippen LogP contribution in [0.25, 0.3) is 5.69 Å². The van der Waals surface area contributed by atoms with Crippen LogP contribution in [0.2, 0.25) is 5.02 Å². The first-order valence-electron chi connectivity index (χ1n) is 8.87. The fraction of sp³-hybridized carbons (Fsp3) is 0.250. The van der Waals surface area contributed by atoms with Crippen LogP contribution < -0.4 is 15.0 Å². The number of halogens is 1. The van der Waals surface area contributed by atoms with Gasteiger partial charge in [-0.2, -0.15) is 0 Å². The lowest BCUT2D eigenvalue weighted by atomic mass is 10.1. The van der Waals surface area contributed by atoms with E-state index in [4.69, 9.17) is 21.1 Å². The number of nitrogens with one attached hydrogen (secondary N) is 1. The summed E-state index contributed by atoms with van der Waals surface area (Å²) in [6, 6.07) is 13.4. The molecule has 0 atom stereocenters. The van der Waals surface area contributed by atoms with Crippen LogP contribution in [-0.2, 0) is 19.5 Å². The molecule has 0 saturated carbocycles. The van der Waals surface area contributed by atoms with Gasteiger partial charge in [0.25, 0.3) is 5.56 Å². The molecule has 138 valence electrons. The molecule has 3 aromatic rings. The molecule has 0 saturated heterocycles. The van der Waals surface area contributed by atoms with Gasteiger partial charge in [0.1, 0.15) is 0 Å². The summed E-state index contributed by atoms with van der Waals surface area (Å²) < 4.78 is 12.4. The zero-order valence-electron chi connectivity index (χ0n) is 14.6. The van der Waals surface area contributed by atoms with Crippen molar-refractivity contribution in [1.82, 2.24) is 14.7 Å². The fourth-order valence-electron chi connectivity index (χ4n) is 3.67. The van der Waals surface area contributed by atoms with Crippen molar-refractivity contribution < 1.29 is 9.47 Å². The van der Waals surface area contributed by atoms with Gasteiger partial charge in [-0.25, -0.2) is 4.68 Å². The highest BCUT2D eigenvalue weighted by Gasteiger charge is 2.24. The molecule has 0 aliphatic carbocycles. The molecular weight excluding hydrogens is 366 g/mol. The van der Waals surface area contributed by atoms with Crippen LogP contribution in [0.15, 0.2) is 47.3 Å². The predicted molar refractivity (Wildman–Crippen MR) is 102 cm³/mol. The van der Waals surface area contributed by atoms with E-state index in [2.05, 4.69) is 10.00 Å². The van der Waals surface area contributed by atoms with Crippen LogP contribution in [0.3, 0.4) is 0 Å². The van der Waals surface area contributed by atoms with Crippen LogP contribution in [-0.4, -0.2) is 28.0 Å². The Labute approximate surface area is 160 Å². The minimum Gasteiger partial charge on any atom is -0.454 e. The lowest BCUT2D eigenvalue weighted by Crippen LogP contribution is -2.31. The van der Waals surface area contributed by atoms with Crippen LogP contribution in [0.1, 0.15) is 16.8 Å². The van der Waals surface area contributed by atoms with Crippen LogP contribution >= 0.6 is 11.6 Å².